The van der Waals surface area contributed by atoms with Crippen molar-refractivity contribution in [3.63, 3.8) is 0 Å². The van der Waals surface area contributed by atoms with Crippen molar-refractivity contribution in [1.29, 1.82) is 0 Å². The molecule has 0 amide bonds. The summed E-state index contributed by atoms with van der Waals surface area (Å²) in [6.45, 7) is 5.52. The van der Waals surface area contributed by atoms with Crippen molar-refractivity contribution in [2.24, 2.45) is 11.7 Å². The zero-order valence-electron chi connectivity index (χ0n) is 9.96. The van der Waals surface area contributed by atoms with Crippen LogP contribution in [0.15, 0.2) is 6.33 Å². The Kier molecular flexibility index (Phi) is 3.09. The molecule has 2 atom stereocenters. The smallest absolute Gasteiger partial charge is 0.147 e. The summed E-state index contributed by atoms with van der Waals surface area (Å²) < 4.78 is 7.63. The van der Waals surface area contributed by atoms with Gasteiger partial charge in [-0.15, -0.1) is 10.2 Å². The molecule has 0 saturated carbocycles. The molecule has 94 valence electrons. The van der Waals surface area contributed by atoms with E-state index in [0.717, 1.165) is 51.6 Å². The van der Waals surface area contributed by atoms with E-state index in [1.165, 1.54) is 0 Å². The van der Waals surface area contributed by atoms with Crippen LogP contribution in [0, 0.1) is 5.92 Å². The highest BCUT2D eigenvalue weighted by molar-refractivity contribution is 4.91. The van der Waals surface area contributed by atoms with Crippen LogP contribution in [0.4, 0.5) is 0 Å². The number of aromatic nitrogens is 3. The number of ether oxygens (including phenoxy) is 1. The van der Waals surface area contributed by atoms with Gasteiger partial charge in [-0.3, -0.25) is 4.90 Å². The van der Waals surface area contributed by atoms with Gasteiger partial charge in [-0.2, -0.15) is 0 Å². The Morgan fingerprint density at radius 2 is 2.41 bits per heavy atom. The Hall–Kier alpha value is -0.980. The third-order valence-corrected chi connectivity index (χ3v) is 3.74. The summed E-state index contributed by atoms with van der Waals surface area (Å²) in [5, 5.41) is 8.06. The highest BCUT2D eigenvalue weighted by Gasteiger charge is 2.26. The van der Waals surface area contributed by atoms with Gasteiger partial charge in [0.1, 0.15) is 12.2 Å². The molecule has 6 heteroatoms. The molecule has 0 spiro atoms. The van der Waals surface area contributed by atoms with Gasteiger partial charge in [-0.1, -0.05) is 0 Å². The van der Waals surface area contributed by atoms with Crippen molar-refractivity contribution in [2.75, 3.05) is 26.3 Å². The molecule has 0 radical (unpaired) electrons. The van der Waals surface area contributed by atoms with Gasteiger partial charge in [0.25, 0.3) is 0 Å². The lowest BCUT2D eigenvalue weighted by Crippen LogP contribution is -2.46. The summed E-state index contributed by atoms with van der Waals surface area (Å²) in [5.74, 6) is 1.51. The second-order valence-electron chi connectivity index (χ2n) is 4.96. The highest BCUT2D eigenvalue weighted by atomic mass is 16.5. The molecule has 0 bridgehead atoms. The molecule has 6 nitrogen and oxygen atoms in total. The third kappa shape index (κ3) is 2.34. The minimum atomic E-state index is 0.281. The second-order valence-corrected chi connectivity index (χ2v) is 4.96. The largest absolute Gasteiger partial charge is 0.381 e. The average Bonchev–Trinajstić information content (AvgIpc) is 2.79. The van der Waals surface area contributed by atoms with Crippen molar-refractivity contribution < 1.29 is 4.74 Å². The van der Waals surface area contributed by atoms with E-state index in [4.69, 9.17) is 10.5 Å². The first-order valence-electron chi connectivity index (χ1n) is 6.25. The maximum atomic E-state index is 6.13. The third-order valence-electron chi connectivity index (χ3n) is 3.74. The van der Waals surface area contributed by atoms with Gasteiger partial charge in [0.15, 0.2) is 0 Å². The Bertz CT molecular complexity index is 380. The molecule has 17 heavy (non-hydrogen) atoms. The molecular weight excluding hydrogens is 218 g/mol. The monoisotopic (exact) mass is 237 g/mol. The molecular formula is C11H19N5O. The molecule has 1 aromatic rings. The van der Waals surface area contributed by atoms with E-state index in [9.17, 15) is 0 Å². The van der Waals surface area contributed by atoms with Crippen molar-refractivity contribution in [1.82, 2.24) is 19.7 Å². The maximum absolute atomic E-state index is 6.13. The summed E-state index contributed by atoms with van der Waals surface area (Å²) in [5.41, 5.74) is 6.13. The lowest BCUT2D eigenvalue weighted by molar-refractivity contribution is 0.0218. The van der Waals surface area contributed by atoms with Gasteiger partial charge < -0.3 is 15.0 Å². The van der Waals surface area contributed by atoms with Crippen LogP contribution in [0.25, 0.3) is 0 Å². The SMILES string of the molecule is NC1CCOCC1CN1CCn2cnnc2C1. The highest BCUT2D eigenvalue weighted by Crippen LogP contribution is 2.17. The minimum absolute atomic E-state index is 0.281. The molecule has 0 aromatic carbocycles. The van der Waals surface area contributed by atoms with Crippen LogP contribution in [0.5, 0.6) is 0 Å². The standard InChI is InChI=1S/C11H19N5O/c12-10-1-4-17-7-9(10)5-15-2-3-16-8-13-14-11(16)6-15/h8-10H,1-7,12H2. The molecule has 2 aliphatic rings. The number of hydrogen-bond acceptors (Lipinski definition) is 5. The van der Waals surface area contributed by atoms with Crippen LogP contribution in [0.3, 0.4) is 0 Å². The van der Waals surface area contributed by atoms with E-state index in [1.54, 1.807) is 0 Å². The van der Waals surface area contributed by atoms with E-state index >= 15 is 0 Å². The maximum Gasteiger partial charge on any atom is 0.147 e. The van der Waals surface area contributed by atoms with Crippen LogP contribution in [-0.2, 0) is 17.8 Å². The van der Waals surface area contributed by atoms with E-state index in [2.05, 4.69) is 19.7 Å². The number of nitrogens with zero attached hydrogens (tertiary/aromatic N) is 4. The molecule has 3 rings (SSSR count). The first-order valence-corrected chi connectivity index (χ1v) is 6.25. The quantitative estimate of drug-likeness (QED) is 0.748. The topological polar surface area (TPSA) is 69.2 Å². The summed E-state index contributed by atoms with van der Waals surface area (Å²) in [6, 6.07) is 0.281. The van der Waals surface area contributed by atoms with E-state index in [0.29, 0.717) is 5.92 Å². The number of hydrogen-bond donors (Lipinski definition) is 1. The lowest BCUT2D eigenvalue weighted by atomic mass is 9.96. The van der Waals surface area contributed by atoms with Gasteiger partial charge in [0, 0.05) is 38.2 Å². The molecule has 1 aromatic heterocycles. The summed E-state index contributed by atoms with van der Waals surface area (Å²) in [6.07, 6.45) is 2.79. The van der Waals surface area contributed by atoms with E-state index < -0.39 is 0 Å². The fourth-order valence-corrected chi connectivity index (χ4v) is 2.61. The number of nitrogens with two attached hydrogens (primary N) is 1. The number of fused-ring (bicyclic) bond motifs is 1. The molecule has 2 unspecified atom stereocenters. The molecule has 1 fully saturated rings. The molecule has 2 aliphatic heterocycles. The molecule has 1 saturated heterocycles. The Balaban J connectivity index is 1.60. The average molecular weight is 237 g/mol. The molecule has 2 N–H and O–H groups in total. The Morgan fingerprint density at radius 1 is 1.47 bits per heavy atom. The van der Waals surface area contributed by atoms with Crippen LogP contribution >= 0.6 is 0 Å². The normalized spacial score (nSPS) is 30.2. The van der Waals surface area contributed by atoms with Gasteiger partial charge in [0.05, 0.1) is 13.2 Å². The molecule has 3 heterocycles. The first-order chi connectivity index (χ1) is 8.33. The van der Waals surface area contributed by atoms with Gasteiger partial charge >= 0.3 is 0 Å². The zero-order chi connectivity index (χ0) is 11.7. The van der Waals surface area contributed by atoms with Crippen LogP contribution in [0.2, 0.25) is 0 Å². The lowest BCUT2D eigenvalue weighted by Gasteiger charge is -2.35. The number of rotatable bonds is 2. The summed E-state index contributed by atoms with van der Waals surface area (Å²) in [4.78, 5) is 2.41. The fraction of sp³-hybridized carbons (Fsp3) is 0.818. The van der Waals surface area contributed by atoms with Crippen molar-refractivity contribution >= 4 is 0 Å². The Labute approximate surface area is 101 Å². The fourth-order valence-electron chi connectivity index (χ4n) is 2.61. The predicted molar refractivity (Wildman–Crippen MR) is 62.2 cm³/mol. The van der Waals surface area contributed by atoms with Crippen molar-refractivity contribution in [2.45, 2.75) is 25.6 Å². The first kappa shape index (κ1) is 11.1. The zero-order valence-corrected chi connectivity index (χ0v) is 9.96. The Morgan fingerprint density at radius 3 is 3.29 bits per heavy atom. The second kappa shape index (κ2) is 4.72. The van der Waals surface area contributed by atoms with Crippen LogP contribution in [-0.4, -0.2) is 52.0 Å². The summed E-state index contributed by atoms with van der Waals surface area (Å²) >= 11 is 0. The van der Waals surface area contributed by atoms with E-state index in [1.807, 2.05) is 6.33 Å². The summed E-state index contributed by atoms with van der Waals surface area (Å²) in [7, 11) is 0. The predicted octanol–water partition coefficient (Wildman–Crippen LogP) is -0.542. The van der Waals surface area contributed by atoms with E-state index in [-0.39, 0.29) is 6.04 Å². The molecule has 0 aliphatic carbocycles. The van der Waals surface area contributed by atoms with Crippen molar-refractivity contribution in [3.05, 3.63) is 12.2 Å². The van der Waals surface area contributed by atoms with Gasteiger partial charge in [-0.05, 0) is 6.42 Å². The minimum Gasteiger partial charge on any atom is -0.381 e. The van der Waals surface area contributed by atoms with Gasteiger partial charge in [-0.25, -0.2) is 0 Å². The van der Waals surface area contributed by atoms with Gasteiger partial charge in [0.2, 0.25) is 0 Å². The van der Waals surface area contributed by atoms with Crippen molar-refractivity contribution in [3.8, 4) is 0 Å². The van der Waals surface area contributed by atoms with Crippen LogP contribution in [0.1, 0.15) is 12.2 Å². The van der Waals surface area contributed by atoms with Crippen LogP contribution < -0.4 is 5.73 Å².